The van der Waals surface area contributed by atoms with Gasteiger partial charge < -0.3 is 0 Å². The number of amides is 2. The van der Waals surface area contributed by atoms with Gasteiger partial charge in [0.05, 0.1) is 17.4 Å². The van der Waals surface area contributed by atoms with Crippen molar-refractivity contribution in [3.05, 3.63) is 60.2 Å². The Hall–Kier alpha value is -3.00. The molecule has 1 aliphatic heterocycles. The lowest BCUT2D eigenvalue weighted by Gasteiger charge is -2.10. The van der Waals surface area contributed by atoms with E-state index >= 15 is 0 Å². The third-order valence-corrected chi connectivity index (χ3v) is 6.59. The van der Waals surface area contributed by atoms with Crippen molar-refractivity contribution in [3.8, 4) is 11.1 Å². The number of rotatable bonds is 6. The van der Waals surface area contributed by atoms with Gasteiger partial charge in [-0.3, -0.25) is 25.2 Å². The Kier molecular flexibility index (Phi) is 6.43. The molecular weight excluding hydrogens is 392 g/mol. The third-order valence-electron chi connectivity index (χ3n) is 4.82. The Morgan fingerprint density at radius 2 is 1.52 bits per heavy atom. The number of benzene rings is 2. The average Bonchev–Trinajstić information content (AvgIpc) is 3.10. The molecule has 152 valence electrons. The molecule has 0 bridgehead atoms. The number of ketones is 1. The highest BCUT2D eigenvalue weighted by atomic mass is 32.2. The Morgan fingerprint density at radius 3 is 2.14 bits per heavy atom. The first-order valence-corrected chi connectivity index (χ1v) is 11.1. The zero-order valence-electron chi connectivity index (χ0n) is 15.8. The molecule has 1 heterocycles. The van der Waals surface area contributed by atoms with Crippen molar-refractivity contribution >= 4 is 27.4 Å². The molecule has 8 heteroatoms. The van der Waals surface area contributed by atoms with Gasteiger partial charge in [0.1, 0.15) is 0 Å². The van der Waals surface area contributed by atoms with E-state index in [1.807, 2.05) is 42.5 Å². The standard InChI is InChI=1S/C21H22N2O5S/c24-19(17-8-6-16(7-9-17)15-4-2-1-3-5-15)10-11-20(25)22-23-21(26)18-12-13-29(27,28)14-18/h1-9,18H,10-14H2,(H,22,25)(H,23,26)/t18-/m0/s1. The van der Waals surface area contributed by atoms with Gasteiger partial charge >= 0.3 is 0 Å². The van der Waals surface area contributed by atoms with Crippen LogP contribution in [0.2, 0.25) is 0 Å². The lowest BCUT2D eigenvalue weighted by atomic mass is 10.0. The first-order valence-electron chi connectivity index (χ1n) is 9.32. The van der Waals surface area contributed by atoms with Crippen LogP contribution in [0.4, 0.5) is 0 Å². The minimum atomic E-state index is -3.17. The van der Waals surface area contributed by atoms with Gasteiger partial charge in [-0.1, -0.05) is 54.6 Å². The molecule has 1 fully saturated rings. The largest absolute Gasteiger partial charge is 0.294 e. The van der Waals surface area contributed by atoms with E-state index in [1.165, 1.54) is 0 Å². The van der Waals surface area contributed by atoms with Crippen LogP contribution in [-0.2, 0) is 19.4 Å². The average molecular weight is 414 g/mol. The van der Waals surface area contributed by atoms with E-state index in [0.717, 1.165) is 11.1 Å². The molecule has 7 nitrogen and oxygen atoms in total. The van der Waals surface area contributed by atoms with Crippen LogP contribution < -0.4 is 10.9 Å². The lowest BCUT2D eigenvalue weighted by molar-refractivity contribution is -0.130. The van der Waals surface area contributed by atoms with Crippen LogP contribution in [0.1, 0.15) is 29.6 Å². The van der Waals surface area contributed by atoms with E-state index in [0.29, 0.717) is 5.56 Å². The molecule has 3 rings (SSSR count). The van der Waals surface area contributed by atoms with Crippen LogP contribution in [0.3, 0.4) is 0 Å². The molecule has 2 amide bonds. The molecule has 0 aliphatic carbocycles. The number of hydrogen-bond donors (Lipinski definition) is 2. The van der Waals surface area contributed by atoms with Crippen LogP contribution in [0.5, 0.6) is 0 Å². The van der Waals surface area contributed by atoms with Crippen molar-refractivity contribution in [1.29, 1.82) is 0 Å². The Labute approximate surface area is 169 Å². The molecule has 29 heavy (non-hydrogen) atoms. The van der Waals surface area contributed by atoms with Gasteiger partial charge in [0.15, 0.2) is 15.6 Å². The molecule has 1 saturated heterocycles. The van der Waals surface area contributed by atoms with E-state index in [4.69, 9.17) is 0 Å². The highest BCUT2D eigenvalue weighted by molar-refractivity contribution is 7.91. The normalized spacial score (nSPS) is 17.4. The van der Waals surface area contributed by atoms with Crippen molar-refractivity contribution < 1.29 is 22.8 Å². The molecule has 0 saturated carbocycles. The van der Waals surface area contributed by atoms with E-state index < -0.39 is 27.6 Å². The second-order valence-electron chi connectivity index (χ2n) is 7.00. The number of nitrogens with one attached hydrogen (secondary N) is 2. The third kappa shape index (κ3) is 5.74. The lowest BCUT2D eigenvalue weighted by Crippen LogP contribution is -2.44. The van der Waals surface area contributed by atoms with E-state index in [2.05, 4.69) is 10.9 Å². The highest BCUT2D eigenvalue weighted by Crippen LogP contribution is 2.20. The second kappa shape index (κ2) is 9.00. The summed E-state index contributed by atoms with van der Waals surface area (Å²) in [6.07, 6.45) is 0.175. The minimum Gasteiger partial charge on any atom is -0.294 e. The van der Waals surface area contributed by atoms with Crippen LogP contribution in [0, 0.1) is 5.92 Å². The molecule has 0 spiro atoms. The smallest absolute Gasteiger partial charge is 0.242 e. The van der Waals surface area contributed by atoms with Crippen molar-refractivity contribution in [2.45, 2.75) is 19.3 Å². The fourth-order valence-electron chi connectivity index (χ4n) is 3.15. The van der Waals surface area contributed by atoms with Crippen LogP contribution in [0.15, 0.2) is 54.6 Å². The maximum atomic E-state index is 12.3. The SMILES string of the molecule is O=C(CCC(=O)c1ccc(-c2ccccc2)cc1)NNC(=O)[C@H]1CCS(=O)(=O)C1. The Morgan fingerprint density at radius 1 is 0.862 bits per heavy atom. The van der Waals surface area contributed by atoms with Crippen molar-refractivity contribution in [2.24, 2.45) is 5.92 Å². The Balaban J connectivity index is 1.44. The predicted molar refractivity (Wildman–Crippen MR) is 108 cm³/mol. The van der Waals surface area contributed by atoms with E-state index in [9.17, 15) is 22.8 Å². The number of hydrazine groups is 1. The number of carbonyl (C=O) groups is 3. The van der Waals surface area contributed by atoms with Crippen LogP contribution in [-0.4, -0.2) is 37.5 Å². The molecule has 0 radical (unpaired) electrons. The van der Waals surface area contributed by atoms with Crippen molar-refractivity contribution in [2.75, 3.05) is 11.5 Å². The highest BCUT2D eigenvalue weighted by Gasteiger charge is 2.33. The Bertz CT molecular complexity index is 1000. The summed E-state index contributed by atoms with van der Waals surface area (Å²) in [7, 11) is -3.17. The molecule has 0 unspecified atom stereocenters. The number of carbonyl (C=O) groups excluding carboxylic acids is 3. The zero-order valence-corrected chi connectivity index (χ0v) is 16.6. The summed E-state index contributed by atoms with van der Waals surface area (Å²) < 4.78 is 22.8. The summed E-state index contributed by atoms with van der Waals surface area (Å²) in [5.74, 6) is -2.07. The summed E-state index contributed by atoms with van der Waals surface area (Å²) in [5.41, 5.74) is 7.04. The molecule has 1 atom stereocenters. The monoisotopic (exact) mass is 414 g/mol. The second-order valence-corrected chi connectivity index (χ2v) is 9.23. The first kappa shape index (κ1) is 20.7. The van der Waals surface area contributed by atoms with Gasteiger partial charge in [0.2, 0.25) is 11.8 Å². The van der Waals surface area contributed by atoms with Gasteiger partial charge in [-0.2, -0.15) is 0 Å². The van der Waals surface area contributed by atoms with Gasteiger partial charge in [0.25, 0.3) is 0 Å². The molecule has 0 aromatic heterocycles. The topological polar surface area (TPSA) is 109 Å². The molecule has 1 aliphatic rings. The minimum absolute atomic E-state index is 0.00416. The van der Waals surface area contributed by atoms with Crippen molar-refractivity contribution in [1.82, 2.24) is 10.9 Å². The zero-order chi connectivity index (χ0) is 20.9. The van der Waals surface area contributed by atoms with Gasteiger partial charge in [0, 0.05) is 18.4 Å². The summed E-state index contributed by atoms with van der Waals surface area (Å²) in [6, 6.07) is 17.0. The predicted octanol–water partition coefficient (Wildman–Crippen LogP) is 1.90. The van der Waals surface area contributed by atoms with Gasteiger partial charge in [-0.05, 0) is 17.5 Å². The van der Waals surface area contributed by atoms with E-state index in [1.54, 1.807) is 12.1 Å². The number of Topliss-reactive ketones (excluding diaryl/α,β-unsaturated/α-hetero) is 1. The maximum absolute atomic E-state index is 12.3. The fraction of sp³-hybridized carbons (Fsp3) is 0.286. The maximum Gasteiger partial charge on any atom is 0.242 e. The first-order chi connectivity index (χ1) is 13.8. The quantitative estimate of drug-likeness (QED) is 0.554. The summed E-state index contributed by atoms with van der Waals surface area (Å²) in [6.45, 7) is 0. The molecule has 2 aromatic carbocycles. The molecule has 2 aromatic rings. The summed E-state index contributed by atoms with van der Waals surface area (Å²) >= 11 is 0. The molecule has 2 N–H and O–H groups in total. The number of hydrogen-bond acceptors (Lipinski definition) is 5. The number of sulfone groups is 1. The summed E-state index contributed by atoms with van der Waals surface area (Å²) in [5, 5.41) is 0. The van der Waals surface area contributed by atoms with E-state index in [-0.39, 0.29) is 36.6 Å². The van der Waals surface area contributed by atoms with Gasteiger partial charge in [-0.25, -0.2) is 8.42 Å². The van der Waals surface area contributed by atoms with Gasteiger partial charge in [-0.15, -0.1) is 0 Å². The van der Waals surface area contributed by atoms with Crippen molar-refractivity contribution in [3.63, 3.8) is 0 Å². The van der Waals surface area contributed by atoms with Crippen LogP contribution >= 0.6 is 0 Å². The molecular formula is C21H22N2O5S. The van der Waals surface area contributed by atoms with Crippen LogP contribution in [0.25, 0.3) is 11.1 Å². The summed E-state index contributed by atoms with van der Waals surface area (Å²) in [4.78, 5) is 36.0. The fourth-order valence-corrected chi connectivity index (χ4v) is 4.89.